The third-order valence-corrected chi connectivity index (χ3v) is 4.45. The number of hydrogen-bond acceptors (Lipinski definition) is 2. The van der Waals surface area contributed by atoms with Gasteiger partial charge in [0, 0.05) is 0 Å². The Morgan fingerprint density at radius 3 is 2.74 bits per heavy atom. The zero-order chi connectivity index (χ0) is 13.5. The highest BCUT2D eigenvalue weighted by atomic mass is 16.5. The maximum absolute atomic E-state index is 5.38. The monoisotopic (exact) mass is 261 g/mol. The van der Waals surface area contributed by atoms with Gasteiger partial charge in [0.2, 0.25) is 0 Å². The Balaban J connectivity index is 2.14. The van der Waals surface area contributed by atoms with Gasteiger partial charge in [-0.3, -0.25) is 0 Å². The van der Waals surface area contributed by atoms with Gasteiger partial charge < -0.3 is 10.1 Å². The van der Waals surface area contributed by atoms with E-state index in [1.807, 2.05) is 13.1 Å². The van der Waals surface area contributed by atoms with Gasteiger partial charge in [0.05, 0.1) is 7.11 Å². The van der Waals surface area contributed by atoms with Gasteiger partial charge in [0.15, 0.2) is 0 Å². The predicted molar refractivity (Wildman–Crippen MR) is 80.9 cm³/mol. The molecular formula is C17H27NO. The van der Waals surface area contributed by atoms with Gasteiger partial charge >= 0.3 is 0 Å². The van der Waals surface area contributed by atoms with Crippen molar-refractivity contribution in [3.8, 4) is 5.75 Å². The summed E-state index contributed by atoms with van der Waals surface area (Å²) in [4.78, 5) is 0. The maximum Gasteiger partial charge on any atom is 0.119 e. The molecule has 1 saturated carbocycles. The van der Waals surface area contributed by atoms with Gasteiger partial charge in [0.1, 0.15) is 5.75 Å². The van der Waals surface area contributed by atoms with Crippen LogP contribution in [-0.2, 0) is 0 Å². The maximum atomic E-state index is 5.38. The van der Waals surface area contributed by atoms with Crippen LogP contribution in [0.1, 0.15) is 50.0 Å². The Hall–Kier alpha value is -1.02. The zero-order valence-electron chi connectivity index (χ0n) is 12.3. The van der Waals surface area contributed by atoms with Gasteiger partial charge in [-0.15, -0.1) is 0 Å². The summed E-state index contributed by atoms with van der Waals surface area (Å²) < 4.78 is 5.38. The SMILES string of the molecule is CNCCC(c1cccc(OC)c1)C1CCCCC1. The number of rotatable bonds is 6. The highest BCUT2D eigenvalue weighted by molar-refractivity contribution is 5.31. The van der Waals surface area contributed by atoms with Gasteiger partial charge in [0.25, 0.3) is 0 Å². The smallest absolute Gasteiger partial charge is 0.119 e. The van der Waals surface area contributed by atoms with Crippen molar-refractivity contribution in [3.05, 3.63) is 29.8 Å². The summed E-state index contributed by atoms with van der Waals surface area (Å²) in [5.74, 6) is 2.53. The summed E-state index contributed by atoms with van der Waals surface area (Å²) in [5, 5.41) is 3.30. The molecule has 2 nitrogen and oxygen atoms in total. The minimum Gasteiger partial charge on any atom is -0.497 e. The number of methoxy groups -OCH3 is 1. The molecule has 0 heterocycles. The topological polar surface area (TPSA) is 21.3 Å². The Bertz CT molecular complexity index is 371. The largest absolute Gasteiger partial charge is 0.497 e. The number of hydrogen-bond donors (Lipinski definition) is 1. The quantitative estimate of drug-likeness (QED) is 0.836. The van der Waals surface area contributed by atoms with E-state index >= 15 is 0 Å². The minimum absolute atomic E-state index is 0.683. The van der Waals surface area contributed by atoms with Crippen molar-refractivity contribution in [3.63, 3.8) is 0 Å². The first kappa shape index (κ1) is 14.4. The van der Waals surface area contributed by atoms with Crippen LogP contribution in [0.2, 0.25) is 0 Å². The Morgan fingerprint density at radius 1 is 1.26 bits per heavy atom. The predicted octanol–water partition coefficient (Wildman–Crippen LogP) is 3.97. The molecule has 1 unspecified atom stereocenters. The fourth-order valence-corrected chi connectivity index (χ4v) is 3.38. The second-order valence-electron chi connectivity index (χ2n) is 5.67. The molecule has 1 aliphatic carbocycles. The summed E-state index contributed by atoms with van der Waals surface area (Å²) in [6.07, 6.45) is 8.26. The molecule has 0 amide bonds. The standard InChI is InChI=1S/C17H27NO/c1-18-12-11-17(14-7-4-3-5-8-14)15-9-6-10-16(13-15)19-2/h6,9-10,13-14,17-18H,3-5,7-8,11-12H2,1-2H3. The van der Waals surface area contributed by atoms with Crippen molar-refractivity contribution in [2.24, 2.45) is 5.92 Å². The summed E-state index contributed by atoms with van der Waals surface area (Å²) in [6.45, 7) is 1.10. The van der Waals surface area contributed by atoms with Crippen LogP contribution < -0.4 is 10.1 Å². The molecule has 1 aliphatic rings. The Morgan fingerprint density at radius 2 is 2.05 bits per heavy atom. The molecule has 0 saturated heterocycles. The van der Waals surface area contributed by atoms with Crippen molar-refractivity contribution in [1.82, 2.24) is 5.32 Å². The van der Waals surface area contributed by atoms with E-state index in [0.29, 0.717) is 5.92 Å². The van der Waals surface area contributed by atoms with E-state index < -0.39 is 0 Å². The summed E-state index contributed by atoms with van der Waals surface area (Å²) in [5.41, 5.74) is 1.46. The van der Waals surface area contributed by atoms with Crippen LogP contribution in [-0.4, -0.2) is 20.7 Å². The van der Waals surface area contributed by atoms with E-state index in [2.05, 4.69) is 23.5 Å². The van der Waals surface area contributed by atoms with Crippen molar-refractivity contribution >= 4 is 0 Å². The van der Waals surface area contributed by atoms with Crippen molar-refractivity contribution < 1.29 is 4.74 Å². The average molecular weight is 261 g/mol. The Labute approximate surface area is 117 Å². The molecule has 2 rings (SSSR count). The molecule has 1 fully saturated rings. The molecule has 0 radical (unpaired) electrons. The van der Waals surface area contributed by atoms with Gasteiger partial charge in [-0.1, -0.05) is 31.4 Å². The van der Waals surface area contributed by atoms with Crippen LogP contribution in [0.25, 0.3) is 0 Å². The highest BCUT2D eigenvalue weighted by Crippen LogP contribution is 2.38. The van der Waals surface area contributed by atoms with Gasteiger partial charge in [-0.2, -0.15) is 0 Å². The second-order valence-corrected chi connectivity index (χ2v) is 5.67. The molecule has 106 valence electrons. The molecule has 1 N–H and O–H groups in total. The number of ether oxygens (including phenoxy) is 1. The molecule has 0 aliphatic heterocycles. The lowest BCUT2D eigenvalue weighted by Crippen LogP contribution is -2.21. The van der Waals surface area contributed by atoms with E-state index in [0.717, 1.165) is 18.2 Å². The Kier molecular flexibility index (Phi) is 5.71. The molecule has 0 bridgehead atoms. The van der Waals surface area contributed by atoms with Crippen LogP contribution in [0.4, 0.5) is 0 Å². The van der Waals surface area contributed by atoms with Crippen molar-refractivity contribution in [1.29, 1.82) is 0 Å². The van der Waals surface area contributed by atoms with Crippen molar-refractivity contribution in [2.45, 2.75) is 44.4 Å². The molecular weight excluding hydrogens is 234 g/mol. The highest BCUT2D eigenvalue weighted by Gasteiger charge is 2.24. The lowest BCUT2D eigenvalue weighted by atomic mass is 9.75. The van der Waals surface area contributed by atoms with E-state index in [-0.39, 0.29) is 0 Å². The zero-order valence-corrected chi connectivity index (χ0v) is 12.3. The van der Waals surface area contributed by atoms with E-state index in [4.69, 9.17) is 4.74 Å². The molecule has 1 atom stereocenters. The van der Waals surface area contributed by atoms with E-state index in [9.17, 15) is 0 Å². The van der Waals surface area contributed by atoms with Crippen LogP contribution >= 0.6 is 0 Å². The molecule has 2 heteroatoms. The third kappa shape index (κ3) is 3.97. The average Bonchev–Trinajstić information content (AvgIpc) is 2.49. The van der Waals surface area contributed by atoms with E-state index in [1.54, 1.807) is 7.11 Å². The molecule has 0 aromatic heterocycles. The number of benzene rings is 1. The first-order chi connectivity index (χ1) is 9.35. The minimum atomic E-state index is 0.683. The first-order valence-electron chi connectivity index (χ1n) is 7.63. The van der Waals surface area contributed by atoms with Gasteiger partial charge in [-0.05, 0) is 62.4 Å². The van der Waals surface area contributed by atoms with Crippen LogP contribution in [0.5, 0.6) is 5.75 Å². The summed E-state index contributed by atoms with van der Waals surface area (Å²) >= 11 is 0. The van der Waals surface area contributed by atoms with E-state index in [1.165, 1.54) is 44.1 Å². The summed E-state index contributed by atoms with van der Waals surface area (Å²) in [6, 6.07) is 8.68. The number of nitrogens with one attached hydrogen (secondary N) is 1. The summed E-state index contributed by atoms with van der Waals surface area (Å²) in [7, 11) is 3.80. The molecule has 19 heavy (non-hydrogen) atoms. The third-order valence-electron chi connectivity index (χ3n) is 4.45. The fourth-order valence-electron chi connectivity index (χ4n) is 3.38. The van der Waals surface area contributed by atoms with Crippen molar-refractivity contribution in [2.75, 3.05) is 20.7 Å². The lowest BCUT2D eigenvalue weighted by Gasteiger charge is -2.31. The lowest BCUT2D eigenvalue weighted by molar-refractivity contribution is 0.292. The second kappa shape index (κ2) is 7.54. The molecule has 1 aromatic carbocycles. The fraction of sp³-hybridized carbons (Fsp3) is 0.647. The van der Waals surface area contributed by atoms with Crippen LogP contribution in [0.15, 0.2) is 24.3 Å². The van der Waals surface area contributed by atoms with Crippen LogP contribution in [0, 0.1) is 5.92 Å². The normalized spacial score (nSPS) is 18.2. The first-order valence-corrected chi connectivity index (χ1v) is 7.63. The molecule has 0 spiro atoms. The van der Waals surface area contributed by atoms with Gasteiger partial charge in [-0.25, -0.2) is 0 Å². The molecule has 1 aromatic rings. The van der Waals surface area contributed by atoms with Crippen LogP contribution in [0.3, 0.4) is 0 Å².